The molecule has 2 heteroatoms. The number of aliphatic hydroxyl groups is 1. The van der Waals surface area contributed by atoms with Crippen LogP contribution in [0.2, 0.25) is 0 Å². The summed E-state index contributed by atoms with van der Waals surface area (Å²) < 4.78 is 0. The summed E-state index contributed by atoms with van der Waals surface area (Å²) in [5.74, 6) is 0.777. The van der Waals surface area contributed by atoms with Gasteiger partial charge >= 0.3 is 0 Å². The van der Waals surface area contributed by atoms with E-state index in [1.165, 1.54) is 6.42 Å². The van der Waals surface area contributed by atoms with Crippen LogP contribution in [0.4, 0.5) is 0 Å². The zero-order chi connectivity index (χ0) is 12.6. The van der Waals surface area contributed by atoms with E-state index in [2.05, 4.69) is 46.4 Å². The lowest BCUT2D eigenvalue weighted by Gasteiger charge is -2.31. The van der Waals surface area contributed by atoms with Crippen molar-refractivity contribution in [2.75, 3.05) is 19.6 Å². The molecule has 0 aromatic rings. The molecule has 0 aliphatic carbocycles. The van der Waals surface area contributed by atoms with Crippen LogP contribution in [0, 0.1) is 16.7 Å². The highest BCUT2D eigenvalue weighted by Gasteiger charge is 2.33. The third-order valence-corrected chi connectivity index (χ3v) is 3.93. The lowest BCUT2D eigenvalue weighted by molar-refractivity contribution is 0.0322. The van der Waals surface area contributed by atoms with Gasteiger partial charge in [-0.1, -0.05) is 41.5 Å². The second kappa shape index (κ2) is 4.66. The highest BCUT2D eigenvalue weighted by molar-refractivity contribution is 4.86. The smallest absolute Gasteiger partial charge is 0.0715 e. The molecular formula is C14H29NO. The number of rotatable bonds is 2. The molecule has 0 aromatic carbocycles. The first-order chi connectivity index (χ1) is 7.10. The summed E-state index contributed by atoms with van der Waals surface area (Å²) in [5.41, 5.74) is 0.404. The molecule has 1 saturated heterocycles. The summed E-state index contributed by atoms with van der Waals surface area (Å²) >= 11 is 0. The molecule has 2 unspecified atom stereocenters. The number of hydrogen-bond donors (Lipinski definition) is 1. The summed E-state index contributed by atoms with van der Waals surface area (Å²) in [6.07, 6.45) is 1.06. The van der Waals surface area contributed by atoms with Gasteiger partial charge in [-0.3, -0.25) is 0 Å². The Morgan fingerprint density at radius 1 is 1.19 bits per heavy atom. The molecule has 0 aromatic heterocycles. The molecule has 1 heterocycles. The Bertz CT molecular complexity index is 224. The van der Waals surface area contributed by atoms with Gasteiger partial charge in [0.15, 0.2) is 0 Å². The van der Waals surface area contributed by atoms with Crippen molar-refractivity contribution < 1.29 is 5.11 Å². The molecule has 1 N–H and O–H groups in total. The zero-order valence-corrected chi connectivity index (χ0v) is 11.9. The Morgan fingerprint density at radius 2 is 1.75 bits per heavy atom. The van der Waals surface area contributed by atoms with E-state index in [4.69, 9.17) is 0 Å². The number of nitrogens with zero attached hydrogens (tertiary/aromatic N) is 1. The van der Waals surface area contributed by atoms with Gasteiger partial charge in [0.2, 0.25) is 0 Å². The number of aliphatic hydroxyl groups excluding tert-OH is 1. The molecule has 96 valence electrons. The van der Waals surface area contributed by atoms with Gasteiger partial charge < -0.3 is 10.0 Å². The third-order valence-electron chi connectivity index (χ3n) is 3.93. The third kappa shape index (κ3) is 3.74. The molecule has 0 spiro atoms. The van der Waals surface area contributed by atoms with E-state index < -0.39 is 0 Å². The Balaban J connectivity index is 2.43. The molecule has 1 fully saturated rings. The average Bonchev–Trinajstić information content (AvgIpc) is 2.49. The minimum atomic E-state index is -0.216. The number of likely N-dealkylation sites (tertiary alicyclic amines) is 1. The monoisotopic (exact) mass is 227 g/mol. The second-order valence-corrected chi connectivity index (χ2v) is 7.49. The van der Waals surface area contributed by atoms with Crippen LogP contribution in [-0.2, 0) is 0 Å². The standard InChI is InChI=1S/C14H29NO/c1-13(2,3)11-7-8-15(9-11)10-12(16)14(4,5)6/h11-12,16H,7-10H2,1-6H3. The molecule has 16 heavy (non-hydrogen) atoms. The van der Waals surface area contributed by atoms with E-state index in [-0.39, 0.29) is 11.5 Å². The van der Waals surface area contributed by atoms with Gasteiger partial charge in [-0.2, -0.15) is 0 Å². The molecule has 0 amide bonds. The van der Waals surface area contributed by atoms with Gasteiger partial charge in [0.25, 0.3) is 0 Å². The quantitative estimate of drug-likeness (QED) is 0.784. The molecule has 1 aliphatic rings. The number of hydrogen-bond acceptors (Lipinski definition) is 2. The second-order valence-electron chi connectivity index (χ2n) is 7.49. The van der Waals surface area contributed by atoms with E-state index in [0.29, 0.717) is 5.41 Å². The van der Waals surface area contributed by atoms with Gasteiger partial charge in [0.1, 0.15) is 0 Å². The fourth-order valence-corrected chi connectivity index (χ4v) is 2.22. The van der Waals surface area contributed by atoms with Crippen molar-refractivity contribution in [2.45, 2.75) is 54.1 Å². The predicted octanol–water partition coefficient (Wildman–Crippen LogP) is 2.76. The van der Waals surface area contributed by atoms with Crippen LogP contribution in [0.5, 0.6) is 0 Å². The first kappa shape index (κ1) is 14.0. The molecule has 1 rings (SSSR count). The van der Waals surface area contributed by atoms with Crippen LogP contribution in [-0.4, -0.2) is 35.7 Å². The summed E-state index contributed by atoms with van der Waals surface area (Å²) in [6.45, 7) is 16.4. The van der Waals surface area contributed by atoms with E-state index >= 15 is 0 Å². The van der Waals surface area contributed by atoms with Crippen LogP contribution in [0.25, 0.3) is 0 Å². The van der Waals surface area contributed by atoms with Crippen molar-refractivity contribution in [3.63, 3.8) is 0 Å². The summed E-state index contributed by atoms with van der Waals surface area (Å²) in [6, 6.07) is 0. The van der Waals surface area contributed by atoms with Gasteiger partial charge in [0, 0.05) is 13.1 Å². The van der Waals surface area contributed by atoms with Crippen molar-refractivity contribution >= 4 is 0 Å². The average molecular weight is 227 g/mol. The topological polar surface area (TPSA) is 23.5 Å². The Kier molecular flexibility index (Phi) is 4.07. The molecule has 2 nitrogen and oxygen atoms in total. The maximum absolute atomic E-state index is 10.1. The molecule has 1 aliphatic heterocycles. The van der Waals surface area contributed by atoms with Crippen molar-refractivity contribution in [1.29, 1.82) is 0 Å². The van der Waals surface area contributed by atoms with Gasteiger partial charge in [-0.25, -0.2) is 0 Å². The Morgan fingerprint density at radius 3 is 2.12 bits per heavy atom. The van der Waals surface area contributed by atoms with Crippen LogP contribution in [0.3, 0.4) is 0 Å². The molecule has 0 bridgehead atoms. The summed E-state index contributed by atoms with van der Waals surface area (Å²) in [5, 5.41) is 10.1. The van der Waals surface area contributed by atoms with Crippen LogP contribution in [0.15, 0.2) is 0 Å². The lowest BCUT2D eigenvalue weighted by Crippen LogP contribution is -2.39. The lowest BCUT2D eigenvalue weighted by atomic mass is 9.80. The van der Waals surface area contributed by atoms with Crippen LogP contribution >= 0.6 is 0 Å². The maximum Gasteiger partial charge on any atom is 0.0715 e. The normalized spacial score (nSPS) is 26.1. The van der Waals surface area contributed by atoms with E-state index in [0.717, 1.165) is 25.6 Å². The van der Waals surface area contributed by atoms with Gasteiger partial charge in [-0.15, -0.1) is 0 Å². The van der Waals surface area contributed by atoms with Crippen LogP contribution < -0.4 is 0 Å². The first-order valence-electron chi connectivity index (χ1n) is 6.51. The molecule has 0 saturated carbocycles. The summed E-state index contributed by atoms with van der Waals surface area (Å²) in [7, 11) is 0. The fourth-order valence-electron chi connectivity index (χ4n) is 2.22. The fraction of sp³-hybridized carbons (Fsp3) is 1.00. The van der Waals surface area contributed by atoms with Crippen molar-refractivity contribution in [1.82, 2.24) is 4.90 Å². The minimum absolute atomic E-state index is 0.000179. The highest BCUT2D eigenvalue weighted by atomic mass is 16.3. The van der Waals surface area contributed by atoms with E-state index in [1.807, 2.05) is 0 Å². The maximum atomic E-state index is 10.1. The SMILES string of the molecule is CC(C)(C)C(O)CN1CCC(C(C)(C)C)C1. The molecule has 2 atom stereocenters. The number of β-amino-alcohol motifs (C(OH)–C–C–N with tert-alkyl or cyclic N) is 1. The van der Waals surface area contributed by atoms with Crippen molar-refractivity contribution in [2.24, 2.45) is 16.7 Å². The van der Waals surface area contributed by atoms with Gasteiger partial charge in [0.05, 0.1) is 6.10 Å². The molecule has 0 radical (unpaired) electrons. The van der Waals surface area contributed by atoms with E-state index in [9.17, 15) is 5.11 Å². The highest BCUT2D eigenvalue weighted by Crippen LogP contribution is 2.34. The largest absolute Gasteiger partial charge is 0.391 e. The zero-order valence-electron chi connectivity index (χ0n) is 11.9. The Hall–Kier alpha value is -0.0800. The minimum Gasteiger partial charge on any atom is -0.391 e. The van der Waals surface area contributed by atoms with Gasteiger partial charge in [-0.05, 0) is 29.7 Å². The van der Waals surface area contributed by atoms with Crippen LogP contribution in [0.1, 0.15) is 48.0 Å². The van der Waals surface area contributed by atoms with Crippen molar-refractivity contribution in [3.05, 3.63) is 0 Å². The summed E-state index contributed by atoms with van der Waals surface area (Å²) in [4.78, 5) is 2.42. The predicted molar refractivity (Wildman–Crippen MR) is 69.5 cm³/mol. The first-order valence-corrected chi connectivity index (χ1v) is 6.51. The van der Waals surface area contributed by atoms with Crippen molar-refractivity contribution in [3.8, 4) is 0 Å². The molecular weight excluding hydrogens is 198 g/mol. The Labute approximate surface area is 101 Å². The van der Waals surface area contributed by atoms with E-state index in [1.54, 1.807) is 0 Å².